The molecule has 3 aromatic carbocycles. The van der Waals surface area contributed by atoms with E-state index in [4.69, 9.17) is 46.3 Å². The van der Waals surface area contributed by atoms with Crippen LogP contribution in [-0.2, 0) is 77.8 Å². The van der Waals surface area contributed by atoms with Crippen molar-refractivity contribution in [3.63, 3.8) is 0 Å². The summed E-state index contributed by atoms with van der Waals surface area (Å²) in [5, 5.41) is 22.0. The summed E-state index contributed by atoms with van der Waals surface area (Å²) in [7, 11) is -5.07. The zero-order valence-electron chi connectivity index (χ0n) is 39.6. The molecule has 1 fully saturated rings. The van der Waals surface area contributed by atoms with Crippen molar-refractivity contribution in [2.24, 2.45) is 10.8 Å². The second kappa shape index (κ2) is 24.3. The lowest BCUT2D eigenvalue weighted by Gasteiger charge is -2.43. The van der Waals surface area contributed by atoms with E-state index >= 15 is 0 Å². The van der Waals surface area contributed by atoms with Crippen LogP contribution in [0.1, 0.15) is 95.8 Å². The van der Waals surface area contributed by atoms with Crippen LogP contribution in [0.3, 0.4) is 0 Å². The van der Waals surface area contributed by atoms with Gasteiger partial charge < -0.3 is 61.8 Å². The molecule has 20 nitrogen and oxygen atoms in total. The van der Waals surface area contributed by atoms with E-state index in [2.05, 4.69) is 26.1 Å². The van der Waals surface area contributed by atoms with Crippen molar-refractivity contribution in [2.45, 2.75) is 119 Å². The summed E-state index contributed by atoms with van der Waals surface area (Å²) < 4.78 is 83.6. The van der Waals surface area contributed by atoms with Crippen LogP contribution in [0.25, 0.3) is 0 Å². The first-order chi connectivity index (χ1) is 31.9. The molecular formula is C47H61NO19S. The first-order valence-electron chi connectivity index (χ1n) is 21.6. The van der Waals surface area contributed by atoms with Crippen LogP contribution in [0, 0.1) is 10.8 Å². The van der Waals surface area contributed by atoms with Gasteiger partial charge in [-0.25, -0.2) is 0 Å². The van der Waals surface area contributed by atoms with Crippen molar-refractivity contribution >= 4 is 40.2 Å². The fourth-order valence-corrected chi connectivity index (χ4v) is 7.17. The number of aliphatic hydroxyl groups is 2. The van der Waals surface area contributed by atoms with Gasteiger partial charge in [0, 0.05) is 50.8 Å². The third-order valence-corrected chi connectivity index (χ3v) is 11.0. The van der Waals surface area contributed by atoms with E-state index in [0.29, 0.717) is 35.7 Å². The van der Waals surface area contributed by atoms with Crippen LogP contribution in [0.15, 0.2) is 60.7 Å². The molecule has 1 amide bonds. The molecule has 3 N–H and O–H groups in total. The predicted octanol–water partition coefficient (Wildman–Crippen LogP) is 4.62. The molecule has 0 bridgehead atoms. The maximum atomic E-state index is 13.7. The monoisotopic (exact) mass is 975 g/mol. The van der Waals surface area contributed by atoms with Crippen LogP contribution in [0.5, 0.6) is 23.0 Å². The number of carbonyl (C=O) groups is 5. The van der Waals surface area contributed by atoms with Crippen molar-refractivity contribution in [1.29, 1.82) is 0 Å². The number of nitrogens with one attached hydrogen (secondary N) is 1. The van der Waals surface area contributed by atoms with Gasteiger partial charge in [-0.3, -0.25) is 24.0 Å². The van der Waals surface area contributed by atoms with Crippen molar-refractivity contribution in [1.82, 2.24) is 5.32 Å². The maximum absolute atomic E-state index is 13.7. The minimum absolute atomic E-state index is 0.0189. The number of hydrogen-bond donors (Lipinski definition) is 3. The Balaban J connectivity index is 1.67. The number of aliphatic hydroxyl groups excluding tert-OH is 2. The van der Waals surface area contributed by atoms with Gasteiger partial charge in [0.1, 0.15) is 30.8 Å². The standard InChI is InChI=1S/C47H61NO19S/c1-10-46(6,7)26-58-27-47(8,9)25-48-44(55)34-14-18-38(64-45-43(63-31(5)54)42(62-30(4)53)41(61-29(3)52)40(65-45)24-59-28(2)51)39(20-34)67-68(56,57)66-36-15-11-32(12-16-36)23-60-37-17-13-33(21-49)19-35(37)22-50/h11-20,40-43,45,49-50H,10,21-27H2,1-9H3,(H,48,55)/t40-,41+,42+,43-,45-/m0/s1. The molecule has 0 unspecified atom stereocenters. The number of benzene rings is 3. The number of esters is 4. The number of amides is 1. The van der Waals surface area contributed by atoms with E-state index in [-0.39, 0.29) is 43.1 Å². The normalized spacial score (nSPS) is 18.4. The van der Waals surface area contributed by atoms with Gasteiger partial charge in [-0.15, -0.1) is 8.42 Å². The quantitative estimate of drug-likeness (QED) is 0.0816. The zero-order valence-corrected chi connectivity index (χ0v) is 40.4. The summed E-state index contributed by atoms with van der Waals surface area (Å²) in [5.74, 6) is -4.94. The smallest absolute Gasteiger partial charge is 0.489 e. The van der Waals surface area contributed by atoms with Gasteiger partial charge in [0.25, 0.3) is 5.91 Å². The number of rotatable bonds is 24. The van der Waals surface area contributed by atoms with Gasteiger partial charge in [0.2, 0.25) is 12.4 Å². The van der Waals surface area contributed by atoms with Crippen molar-refractivity contribution in [2.75, 3.05) is 26.4 Å². The summed E-state index contributed by atoms with van der Waals surface area (Å²) in [4.78, 5) is 62.7. The van der Waals surface area contributed by atoms with E-state index < -0.39 is 94.4 Å². The Morgan fingerprint density at radius 3 is 1.90 bits per heavy atom. The molecule has 0 radical (unpaired) electrons. The van der Waals surface area contributed by atoms with E-state index in [9.17, 15) is 42.6 Å². The van der Waals surface area contributed by atoms with Crippen LogP contribution in [0.2, 0.25) is 0 Å². The predicted molar refractivity (Wildman–Crippen MR) is 239 cm³/mol. The first-order valence-corrected chi connectivity index (χ1v) is 22.9. The molecule has 0 aromatic heterocycles. The van der Waals surface area contributed by atoms with Crippen molar-refractivity contribution in [3.05, 3.63) is 82.9 Å². The SMILES string of the molecule is CCC(C)(C)COCC(C)(C)CNC(=O)c1ccc(O[C@H]2O[C@@H](COC(C)=O)[C@@H](OC(C)=O)[C@@H](OC(C)=O)[C@@H]2OC(C)=O)c(OS(=O)(=O)Oc2ccc(COc3ccc(CO)cc3CO)cc2)c1. The topological polar surface area (TPSA) is 264 Å². The molecule has 1 aliphatic rings. The molecule has 0 aliphatic carbocycles. The van der Waals surface area contributed by atoms with E-state index in [1.807, 2.05) is 13.8 Å². The van der Waals surface area contributed by atoms with E-state index in [0.717, 1.165) is 40.2 Å². The molecule has 1 saturated heterocycles. The lowest BCUT2D eigenvalue weighted by atomic mass is 9.91. The summed E-state index contributed by atoms with van der Waals surface area (Å²) >= 11 is 0. The first kappa shape index (κ1) is 54.6. The lowest BCUT2D eigenvalue weighted by Crippen LogP contribution is -2.63. The Kier molecular flexibility index (Phi) is 19.5. The average molecular weight is 976 g/mol. The Bertz CT molecular complexity index is 2330. The van der Waals surface area contributed by atoms with Gasteiger partial charge in [0.05, 0.1) is 26.4 Å². The summed E-state index contributed by atoms with van der Waals surface area (Å²) in [6.07, 6.45) is -7.17. The molecule has 3 aromatic rings. The van der Waals surface area contributed by atoms with E-state index in [1.54, 1.807) is 18.2 Å². The second-order valence-corrected chi connectivity index (χ2v) is 18.6. The Morgan fingerprint density at radius 1 is 0.691 bits per heavy atom. The Labute approximate surface area is 395 Å². The van der Waals surface area contributed by atoms with Crippen molar-refractivity contribution in [3.8, 4) is 23.0 Å². The van der Waals surface area contributed by atoms with Crippen LogP contribution >= 0.6 is 0 Å². The molecule has 5 atom stereocenters. The summed E-state index contributed by atoms with van der Waals surface area (Å²) in [6.45, 7) is 14.1. The highest BCUT2D eigenvalue weighted by molar-refractivity contribution is 7.82. The van der Waals surface area contributed by atoms with Crippen LogP contribution in [-0.4, -0.2) is 105 Å². The van der Waals surface area contributed by atoms with E-state index in [1.165, 1.54) is 36.4 Å². The lowest BCUT2D eigenvalue weighted by molar-refractivity contribution is -0.288. The molecule has 374 valence electrons. The highest BCUT2D eigenvalue weighted by atomic mass is 32.3. The Hall–Kier alpha value is -6.00. The van der Waals surface area contributed by atoms with Gasteiger partial charge in [0.15, 0.2) is 23.7 Å². The fraction of sp³-hybridized carbons (Fsp3) is 0.511. The number of ether oxygens (including phenoxy) is 8. The molecule has 68 heavy (non-hydrogen) atoms. The minimum Gasteiger partial charge on any atom is -0.489 e. The van der Waals surface area contributed by atoms with Crippen molar-refractivity contribution < 1.29 is 88.9 Å². The molecule has 4 rings (SSSR count). The molecule has 0 spiro atoms. The molecule has 1 heterocycles. The largest absolute Gasteiger partial charge is 0.501 e. The number of hydrogen-bond acceptors (Lipinski definition) is 19. The van der Waals surface area contributed by atoms with Crippen LogP contribution < -0.4 is 23.2 Å². The van der Waals surface area contributed by atoms with Gasteiger partial charge in [-0.05, 0) is 65.4 Å². The average Bonchev–Trinajstić information content (AvgIpc) is 3.26. The summed E-state index contributed by atoms with van der Waals surface area (Å²) in [6, 6.07) is 14.1. The minimum atomic E-state index is -5.07. The van der Waals surface area contributed by atoms with Gasteiger partial charge in [-0.2, -0.15) is 0 Å². The summed E-state index contributed by atoms with van der Waals surface area (Å²) in [5.41, 5.74) is 0.980. The van der Waals surface area contributed by atoms with Gasteiger partial charge >= 0.3 is 34.3 Å². The fourth-order valence-electron chi connectivity index (χ4n) is 6.44. The van der Waals surface area contributed by atoms with Crippen LogP contribution in [0.4, 0.5) is 0 Å². The highest BCUT2D eigenvalue weighted by Gasteiger charge is 2.53. The molecule has 1 aliphatic heterocycles. The Morgan fingerprint density at radius 2 is 1.29 bits per heavy atom. The third-order valence-electron chi connectivity index (χ3n) is 10.3. The number of carbonyl (C=O) groups excluding carboxylic acids is 5. The highest BCUT2D eigenvalue weighted by Crippen LogP contribution is 2.36. The maximum Gasteiger partial charge on any atom is 0.501 e. The zero-order chi connectivity index (χ0) is 50.4. The molecule has 21 heteroatoms. The molecule has 0 saturated carbocycles. The third kappa shape index (κ3) is 17.0. The molecular weight excluding hydrogens is 915 g/mol. The second-order valence-electron chi connectivity index (χ2n) is 17.5. The van der Waals surface area contributed by atoms with Gasteiger partial charge in [-0.1, -0.05) is 52.8 Å².